The first kappa shape index (κ1) is 15.7. The molecule has 0 atom stereocenters. The van der Waals surface area contributed by atoms with Crippen LogP contribution in [0.3, 0.4) is 0 Å². The molecule has 0 radical (unpaired) electrons. The Morgan fingerprint density at radius 1 is 1.32 bits per heavy atom. The van der Waals surface area contributed by atoms with Crippen LogP contribution in [-0.2, 0) is 6.54 Å². The van der Waals surface area contributed by atoms with E-state index in [1.165, 1.54) is 11.3 Å². The van der Waals surface area contributed by atoms with Crippen molar-refractivity contribution in [2.45, 2.75) is 20.4 Å². The van der Waals surface area contributed by atoms with E-state index in [-0.39, 0.29) is 5.91 Å². The van der Waals surface area contributed by atoms with Crippen molar-refractivity contribution in [3.8, 4) is 10.8 Å². The minimum Gasteiger partial charge on any atom is -0.440 e. The van der Waals surface area contributed by atoms with E-state index in [2.05, 4.69) is 21.8 Å². The maximum absolute atomic E-state index is 12.6. The maximum Gasteiger partial charge on any atom is 0.277 e. The van der Waals surface area contributed by atoms with Crippen LogP contribution in [0.2, 0.25) is 0 Å². The minimum absolute atomic E-state index is 0.265. The Bertz CT molecular complexity index is 1040. The number of nitrogens with one attached hydrogen (secondary N) is 1. The summed E-state index contributed by atoms with van der Waals surface area (Å²) in [7, 11) is 0. The molecule has 6 heteroatoms. The van der Waals surface area contributed by atoms with E-state index >= 15 is 0 Å². The van der Waals surface area contributed by atoms with Crippen LogP contribution in [-0.4, -0.2) is 15.5 Å². The summed E-state index contributed by atoms with van der Waals surface area (Å²) in [5, 5.41) is 5.95. The highest BCUT2D eigenvalue weighted by Gasteiger charge is 2.19. The Hall–Kier alpha value is -2.86. The van der Waals surface area contributed by atoms with Gasteiger partial charge in [0.2, 0.25) is 5.89 Å². The summed E-state index contributed by atoms with van der Waals surface area (Å²) in [6.45, 7) is 4.77. The molecule has 0 fully saturated rings. The Morgan fingerprint density at radius 3 is 2.96 bits per heavy atom. The fraction of sp³-hybridized carbons (Fsp3) is 0.158. The molecule has 5 nitrogen and oxygen atoms in total. The number of benzene rings is 1. The number of carbonyl (C=O) groups is 1. The maximum atomic E-state index is 12.6. The SMILES string of the molecule is CCn1ccc2cc(NC(=O)c3nc(-c4cccs4)oc3C)ccc21. The average molecular weight is 351 g/mol. The molecule has 0 aliphatic carbocycles. The molecule has 0 bridgehead atoms. The highest BCUT2D eigenvalue weighted by Crippen LogP contribution is 2.27. The molecule has 1 amide bonds. The predicted molar refractivity (Wildman–Crippen MR) is 100 cm³/mol. The van der Waals surface area contributed by atoms with Crippen molar-refractivity contribution in [2.75, 3.05) is 5.32 Å². The van der Waals surface area contributed by atoms with Crippen LogP contribution < -0.4 is 5.32 Å². The summed E-state index contributed by atoms with van der Waals surface area (Å²) in [6, 6.07) is 11.8. The number of anilines is 1. The number of carbonyl (C=O) groups excluding carboxylic acids is 1. The van der Waals surface area contributed by atoms with Gasteiger partial charge >= 0.3 is 0 Å². The second-order valence-electron chi connectivity index (χ2n) is 5.73. The lowest BCUT2D eigenvalue weighted by atomic mass is 10.2. The van der Waals surface area contributed by atoms with E-state index in [0.29, 0.717) is 17.3 Å². The fourth-order valence-electron chi connectivity index (χ4n) is 2.86. The van der Waals surface area contributed by atoms with Gasteiger partial charge in [0.1, 0.15) is 5.76 Å². The van der Waals surface area contributed by atoms with Crippen molar-refractivity contribution in [3.63, 3.8) is 0 Å². The summed E-state index contributed by atoms with van der Waals surface area (Å²) in [4.78, 5) is 17.8. The van der Waals surface area contributed by atoms with E-state index in [1.807, 2.05) is 48.0 Å². The topological polar surface area (TPSA) is 60.1 Å². The average Bonchev–Trinajstić information content (AvgIpc) is 3.33. The van der Waals surface area contributed by atoms with Gasteiger partial charge in [-0.05, 0) is 49.6 Å². The first-order valence-corrected chi connectivity index (χ1v) is 8.95. The van der Waals surface area contributed by atoms with Gasteiger partial charge < -0.3 is 14.3 Å². The lowest BCUT2D eigenvalue weighted by Gasteiger charge is -2.05. The second-order valence-corrected chi connectivity index (χ2v) is 6.68. The van der Waals surface area contributed by atoms with E-state index < -0.39 is 0 Å². The van der Waals surface area contributed by atoms with Gasteiger partial charge in [0.25, 0.3) is 5.91 Å². The summed E-state index contributed by atoms with van der Waals surface area (Å²) < 4.78 is 7.80. The molecule has 3 heterocycles. The smallest absolute Gasteiger partial charge is 0.277 e. The van der Waals surface area contributed by atoms with Gasteiger partial charge in [-0.1, -0.05) is 6.07 Å². The van der Waals surface area contributed by atoms with Gasteiger partial charge in [0.05, 0.1) is 4.88 Å². The van der Waals surface area contributed by atoms with Crippen LogP contribution in [0.4, 0.5) is 5.69 Å². The van der Waals surface area contributed by atoms with Gasteiger partial charge in [0, 0.05) is 29.3 Å². The summed E-state index contributed by atoms with van der Waals surface area (Å²) >= 11 is 1.53. The summed E-state index contributed by atoms with van der Waals surface area (Å²) in [5.41, 5.74) is 2.21. The number of hydrogen-bond donors (Lipinski definition) is 1. The van der Waals surface area contributed by atoms with Gasteiger partial charge in [-0.25, -0.2) is 4.98 Å². The number of hydrogen-bond acceptors (Lipinski definition) is 4. The van der Waals surface area contributed by atoms with Crippen LogP contribution in [0.1, 0.15) is 23.2 Å². The highest BCUT2D eigenvalue weighted by atomic mass is 32.1. The van der Waals surface area contributed by atoms with Crippen molar-refractivity contribution in [2.24, 2.45) is 0 Å². The number of fused-ring (bicyclic) bond motifs is 1. The number of thiophene rings is 1. The number of amides is 1. The molecule has 3 aromatic heterocycles. The van der Waals surface area contributed by atoms with E-state index in [4.69, 9.17) is 4.42 Å². The molecule has 0 saturated carbocycles. The van der Waals surface area contributed by atoms with Crippen molar-refractivity contribution in [1.29, 1.82) is 0 Å². The minimum atomic E-state index is -0.265. The Kier molecular flexibility index (Phi) is 3.89. The van der Waals surface area contributed by atoms with Gasteiger partial charge in [-0.2, -0.15) is 0 Å². The lowest BCUT2D eigenvalue weighted by molar-refractivity contribution is 0.102. The zero-order chi connectivity index (χ0) is 17.4. The van der Waals surface area contributed by atoms with Gasteiger partial charge in [-0.3, -0.25) is 4.79 Å². The molecule has 126 valence electrons. The molecule has 1 N–H and O–H groups in total. The summed E-state index contributed by atoms with van der Waals surface area (Å²) in [5.74, 6) is 0.727. The monoisotopic (exact) mass is 351 g/mol. The highest BCUT2D eigenvalue weighted by molar-refractivity contribution is 7.13. The molecular formula is C19H17N3O2S. The third kappa shape index (κ3) is 2.85. The van der Waals surface area contributed by atoms with Crippen molar-refractivity contribution in [1.82, 2.24) is 9.55 Å². The molecule has 25 heavy (non-hydrogen) atoms. The van der Waals surface area contributed by atoms with Gasteiger partial charge in [-0.15, -0.1) is 11.3 Å². The first-order chi connectivity index (χ1) is 12.2. The van der Waals surface area contributed by atoms with Crippen LogP contribution >= 0.6 is 11.3 Å². The van der Waals surface area contributed by atoms with Crippen molar-refractivity contribution in [3.05, 3.63) is 59.4 Å². The molecule has 4 aromatic rings. The normalized spacial score (nSPS) is 11.1. The molecule has 4 rings (SSSR count). The first-order valence-electron chi connectivity index (χ1n) is 8.07. The quantitative estimate of drug-likeness (QED) is 0.566. The fourth-order valence-corrected chi connectivity index (χ4v) is 3.51. The Morgan fingerprint density at radius 2 is 2.20 bits per heavy atom. The Balaban J connectivity index is 1.60. The largest absolute Gasteiger partial charge is 0.440 e. The number of rotatable bonds is 4. The number of aryl methyl sites for hydroxylation is 2. The number of aromatic nitrogens is 2. The summed E-state index contributed by atoms with van der Waals surface area (Å²) in [6.07, 6.45) is 2.05. The predicted octanol–water partition coefficient (Wildman–Crippen LogP) is 4.94. The van der Waals surface area contributed by atoms with Crippen molar-refractivity contribution < 1.29 is 9.21 Å². The van der Waals surface area contributed by atoms with E-state index in [0.717, 1.165) is 28.0 Å². The zero-order valence-corrected chi connectivity index (χ0v) is 14.8. The number of nitrogens with zero attached hydrogens (tertiary/aromatic N) is 2. The van der Waals surface area contributed by atoms with Crippen LogP contribution in [0.5, 0.6) is 0 Å². The van der Waals surface area contributed by atoms with Crippen LogP contribution in [0.15, 0.2) is 52.4 Å². The number of oxazole rings is 1. The Labute approximate surface area is 148 Å². The van der Waals surface area contributed by atoms with Gasteiger partial charge in [0.15, 0.2) is 5.69 Å². The third-order valence-corrected chi connectivity index (χ3v) is 4.97. The van der Waals surface area contributed by atoms with Crippen LogP contribution in [0, 0.1) is 6.92 Å². The molecule has 0 saturated heterocycles. The molecule has 0 spiro atoms. The molecule has 0 aliphatic heterocycles. The van der Waals surface area contributed by atoms with E-state index in [1.54, 1.807) is 6.92 Å². The lowest BCUT2D eigenvalue weighted by Crippen LogP contribution is -2.13. The second kappa shape index (κ2) is 6.22. The molecule has 0 aliphatic rings. The molecular weight excluding hydrogens is 334 g/mol. The van der Waals surface area contributed by atoms with Crippen LogP contribution in [0.25, 0.3) is 21.7 Å². The zero-order valence-electron chi connectivity index (χ0n) is 13.9. The third-order valence-electron chi connectivity index (χ3n) is 4.11. The standard InChI is InChI=1S/C19H17N3O2S/c1-3-22-9-8-13-11-14(6-7-15(13)22)20-18(23)17-12(2)24-19(21-17)16-5-4-10-25-16/h4-11H,3H2,1-2H3,(H,20,23). The molecule has 1 aromatic carbocycles. The van der Waals surface area contributed by atoms with Crippen molar-refractivity contribution >= 4 is 33.8 Å². The van der Waals surface area contributed by atoms with E-state index in [9.17, 15) is 4.79 Å². The molecule has 0 unspecified atom stereocenters.